The molecular weight excluding hydrogens is 558 g/mol. The van der Waals surface area contributed by atoms with Crippen LogP contribution in [0.5, 0.6) is 0 Å². The first kappa shape index (κ1) is 30.4. The monoisotopic (exact) mass is 588 g/mol. The number of amides is 4. The molecule has 2 aromatic rings. The van der Waals surface area contributed by atoms with Crippen LogP contribution in [0.4, 0.5) is 47.3 Å². The van der Waals surface area contributed by atoms with Crippen LogP contribution >= 0.6 is 0 Å². The number of hydrogen-bond acceptors (Lipinski definition) is 4. The van der Waals surface area contributed by atoms with Gasteiger partial charge < -0.3 is 30.7 Å². The number of carbonyl (C=O) groups is 2. The fourth-order valence-corrected chi connectivity index (χ4v) is 4.81. The van der Waals surface area contributed by atoms with Gasteiger partial charge in [-0.15, -0.1) is 0 Å². The molecule has 14 heteroatoms. The smallest absolute Gasteiger partial charge is 0.375 e. The third-order valence-corrected chi connectivity index (χ3v) is 6.98. The summed E-state index contributed by atoms with van der Waals surface area (Å²) in [5.41, 5.74) is -1.15. The van der Waals surface area contributed by atoms with Crippen LogP contribution in [0.2, 0.25) is 0 Å². The topological polar surface area (TPSA) is 101 Å². The second-order valence-electron chi connectivity index (χ2n) is 10.0. The van der Waals surface area contributed by atoms with E-state index in [4.69, 9.17) is 9.47 Å². The van der Waals surface area contributed by atoms with Crippen LogP contribution in [0, 0.1) is 5.92 Å². The van der Waals surface area contributed by atoms with Crippen molar-refractivity contribution in [2.75, 3.05) is 30.4 Å². The number of halogens is 6. The Morgan fingerprint density at radius 3 is 1.73 bits per heavy atom. The van der Waals surface area contributed by atoms with Gasteiger partial charge in [-0.2, -0.15) is 26.3 Å². The van der Waals surface area contributed by atoms with Gasteiger partial charge in [-0.1, -0.05) is 0 Å². The van der Waals surface area contributed by atoms with Crippen molar-refractivity contribution in [1.29, 1.82) is 0 Å². The molecule has 2 aliphatic heterocycles. The molecule has 0 spiro atoms. The number of benzene rings is 2. The van der Waals surface area contributed by atoms with Gasteiger partial charge in [-0.3, -0.25) is 0 Å². The van der Waals surface area contributed by atoms with E-state index in [1.54, 1.807) is 0 Å². The van der Waals surface area contributed by atoms with E-state index < -0.39 is 35.5 Å². The Hall–Kier alpha value is -3.52. The van der Waals surface area contributed by atoms with Gasteiger partial charge in [0.1, 0.15) is 0 Å². The second-order valence-corrected chi connectivity index (χ2v) is 10.0. The van der Waals surface area contributed by atoms with Crippen molar-refractivity contribution in [2.45, 2.75) is 56.3 Å². The van der Waals surface area contributed by atoms with Gasteiger partial charge in [0.2, 0.25) is 0 Å². The lowest BCUT2D eigenvalue weighted by Gasteiger charge is -2.38. The Labute approximate surface area is 232 Å². The van der Waals surface area contributed by atoms with Crippen molar-refractivity contribution in [2.24, 2.45) is 5.92 Å². The van der Waals surface area contributed by atoms with Gasteiger partial charge in [0.15, 0.2) is 0 Å². The summed E-state index contributed by atoms with van der Waals surface area (Å²) in [6.07, 6.45) is -7.18. The number of anilines is 2. The van der Waals surface area contributed by atoms with Crippen molar-refractivity contribution in [3.05, 3.63) is 59.7 Å². The summed E-state index contributed by atoms with van der Waals surface area (Å²) in [6, 6.07) is 6.99. The number of ether oxygens (including phenoxy) is 2. The van der Waals surface area contributed by atoms with Crippen LogP contribution in [0.25, 0.3) is 0 Å². The molecule has 0 aromatic heterocycles. The van der Waals surface area contributed by atoms with Crippen molar-refractivity contribution in [3.63, 3.8) is 0 Å². The van der Waals surface area contributed by atoms with Crippen molar-refractivity contribution in [3.8, 4) is 0 Å². The minimum absolute atomic E-state index is 0.0759. The Bertz CT molecular complexity index is 1170. The highest BCUT2D eigenvalue weighted by atomic mass is 19.4. The fourth-order valence-electron chi connectivity index (χ4n) is 4.81. The predicted molar refractivity (Wildman–Crippen MR) is 137 cm³/mol. The zero-order valence-corrected chi connectivity index (χ0v) is 21.8. The predicted octanol–water partition coefficient (Wildman–Crippen LogP) is 6.01. The highest BCUT2D eigenvalue weighted by Gasteiger charge is 2.35. The number of hydrogen-bond donors (Lipinski definition) is 4. The molecule has 224 valence electrons. The van der Waals surface area contributed by atoms with E-state index in [1.807, 2.05) is 0 Å². The molecule has 4 rings (SSSR count). The van der Waals surface area contributed by atoms with Crippen molar-refractivity contribution < 1.29 is 45.4 Å². The molecule has 4 N–H and O–H groups in total. The first-order valence-electron chi connectivity index (χ1n) is 13.1. The average Bonchev–Trinajstić information content (AvgIpc) is 2.92. The van der Waals surface area contributed by atoms with Crippen LogP contribution in [0.15, 0.2) is 48.5 Å². The molecule has 2 aliphatic rings. The number of urea groups is 2. The van der Waals surface area contributed by atoms with Crippen molar-refractivity contribution >= 4 is 23.4 Å². The lowest BCUT2D eigenvalue weighted by Crippen LogP contribution is -2.49. The zero-order chi connectivity index (χ0) is 29.6. The normalized spacial score (nSPS) is 23.4. The maximum absolute atomic E-state index is 12.7. The third kappa shape index (κ3) is 8.98. The molecule has 0 bridgehead atoms. The first-order chi connectivity index (χ1) is 19.4. The molecule has 2 aromatic carbocycles. The largest absolute Gasteiger partial charge is 0.416 e. The number of carbonyl (C=O) groups excluding carboxylic acids is 2. The second kappa shape index (κ2) is 13.0. The molecule has 2 saturated heterocycles. The highest BCUT2D eigenvalue weighted by Crippen LogP contribution is 2.31. The molecular formula is C27H30F6N4O4. The van der Waals surface area contributed by atoms with Gasteiger partial charge in [0, 0.05) is 37.2 Å². The lowest BCUT2D eigenvalue weighted by molar-refractivity contribution is -0.138. The van der Waals surface area contributed by atoms with Crippen LogP contribution in [-0.2, 0) is 21.8 Å². The van der Waals surface area contributed by atoms with E-state index in [-0.39, 0.29) is 35.5 Å². The summed E-state index contributed by atoms with van der Waals surface area (Å²) in [7, 11) is 0. The molecule has 4 atom stereocenters. The Morgan fingerprint density at radius 1 is 0.707 bits per heavy atom. The molecule has 4 amide bonds. The van der Waals surface area contributed by atoms with Crippen LogP contribution in [-0.4, -0.2) is 50.1 Å². The van der Waals surface area contributed by atoms with Crippen LogP contribution in [0.3, 0.4) is 0 Å². The molecule has 2 fully saturated rings. The van der Waals surface area contributed by atoms with E-state index >= 15 is 0 Å². The van der Waals surface area contributed by atoms with Gasteiger partial charge in [-0.25, -0.2) is 9.59 Å². The summed E-state index contributed by atoms with van der Waals surface area (Å²) in [5.74, 6) is 0.0759. The molecule has 0 saturated carbocycles. The minimum atomic E-state index is -4.46. The third-order valence-electron chi connectivity index (χ3n) is 6.98. The molecule has 41 heavy (non-hydrogen) atoms. The standard InChI is InChI=1S/C27H30F6N4O4/c28-26(29,30)17-1-5-19(6-2-17)35-24(38)34-15-16-9-11-40-22(13-16)23-14-21(10-12-41-23)37-25(39)36-20-7-3-18(4-8-20)27(31,32)33/h1-8,16,21-23H,9-15H2,(H2,34,35,38)(H2,36,37,39). The fraction of sp³-hybridized carbons (Fsp3) is 0.481. The Kier molecular flexibility index (Phi) is 9.64. The summed E-state index contributed by atoms with van der Waals surface area (Å²) in [5, 5.41) is 10.6. The van der Waals surface area contributed by atoms with Crippen LogP contribution in [0.1, 0.15) is 36.8 Å². The molecule has 0 aliphatic carbocycles. The van der Waals surface area contributed by atoms with E-state index in [0.717, 1.165) is 24.3 Å². The summed E-state index contributed by atoms with van der Waals surface area (Å²) in [6.45, 7) is 1.16. The molecule has 0 radical (unpaired) electrons. The first-order valence-corrected chi connectivity index (χ1v) is 13.1. The summed E-state index contributed by atoms with van der Waals surface area (Å²) < 4.78 is 88.1. The van der Waals surface area contributed by atoms with E-state index in [2.05, 4.69) is 21.3 Å². The SMILES string of the molecule is O=C(NCC1CCOC(C2CC(NC(=O)Nc3ccc(C(F)(F)F)cc3)CCO2)C1)Nc1ccc(C(F)(F)F)cc1. The average molecular weight is 589 g/mol. The van der Waals surface area contributed by atoms with E-state index in [9.17, 15) is 35.9 Å². The molecule has 8 nitrogen and oxygen atoms in total. The summed E-state index contributed by atoms with van der Waals surface area (Å²) >= 11 is 0. The minimum Gasteiger partial charge on any atom is -0.375 e. The Balaban J connectivity index is 1.20. The quantitative estimate of drug-likeness (QED) is 0.311. The van der Waals surface area contributed by atoms with Gasteiger partial charge in [0.25, 0.3) is 0 Å². The zero-order valence-electron chi connectivity index (χ0n) is 21.8. The van der Waals surface area contributed by atoms with Gasteiger partial charge in [-0.05, 0) is 80.1 Å². The summed E-state index contributed by atoms with van der Waals surface area (Å²) in [4.78, 5) is 24.7. The number of alkyl halides is 6. The highest BCUT2D eigenvalue weighted by molar-refractivity contribution is 5.89. The Morgan fingerprint density at radius 2 is 1.20 bits per heavy atom. The molecule has 2 heterocycles. The van der Waals surface area contributed by atoms with Crippen LogP contribution < -0.4 is 21.3 Å². The number of rotatable bonds is 6. The lowest BCUT2D eigenvalue weighted by atomic mass is 9.89. The van der Waals surface area contributed by atoms with Crippen molar-refractivity contribution in [1.82, 2.24) is 10.6 Å². The van der Waals surface area contributed by atoms with E-state index in [0.29, 0.717) is 45.4 Å². The molecule has 4 unspecified atom stereocenters. The van der Waals surface area contributed by atoms with E-state index in [1.165, 1.54) is 24.3 Å². The maximum atomic E-state index is 12.7. The van der Waals surface area contributed by atoms with Gasteiger partial charge in [0.05, 0.1) is 23.3 Å². The number of nitrogens with one attached hydrogen (secondary N) is 4. The maximum Gasteiger partial charge on any atom is 0.416 e. The van der Waals surface area contributed by atoms with Gasteiger partial charge >= 0.3 is 24.4 Å².